The monoisotopic (exact) mass is 304 g/mol. The van der Waals surface area contributed by atoms with Crippen LogP contribution in [0.5, 0.6) is 5.75 Å². The van der Waals surface area contributed by atoms with Crippen molar-refractivity contribution in [3.63, 3.8) is 0 Å². The number of aliphatic carboxylic acids is 1. The van der Waals surface area contributed by atoms with Crippen LogP contribution < -0.4 is 4.74 Å². The van der Waals surface area contributed by atoms with Crippen LogP contribution in [-0.4, -0.2) is 34.1 Å². The predicted octanol–water partition coefficient (Wildman–Crippen LogP) is 2.27. The summed E-state index contributed by atoms with van der Waals surface area (Å²) in [5.41, 5.74) is 0.779. The van der Waals surface area contributed by atoms with E-state index in [9.17, 15) is 4.79 Å². The lowest BCUT2D eigenvalue weighted by Gasteiger charge is -2.06. The van der Waals surface area contributed by atoms with Crippen LogP contribution in [-0.2, 0) is 16.0 Å². The topological polar surface area (TPSA) is 94.7 Å². The lowest BCUT2D eigenvalue weighted by Crippen LogP contribution is -2.03. The maximum absolute atomic E-state index is 10.5. The lowest BCUT2D eigenvalue weighted by molar-refractivity contribution is -0.137. The van der Waals surface area contributed by atoms with Gasteiger partial charge in [0.25, 0.3) is 0 Å². The van der Waals surface area contributed by atoms with Gasteiger partial charge in [-0.25, -0.2) is 0 Å². The van der Waals surface area contributed by atoms with Crippen LogP contribution in [0.25, 0.3) is 11.4 Å². The van der Waals surface area contributed by atoms with Gasteiger partial charge in [0, 0.05) is 12.0 Å². The van der Waals surface area contributed by atoms with E-state index in [1.165, 1.54) is 0 Å². The summed E-state index contributed by atoms with van der Waals surface area (Å²) >= 11 is 0. The van der Waals surface area contributed by atoms with E-state index in [1.807, 2.05) is 12.1 Å². The standard InChI is InChI=1S/C15H16N2O5/c18-14(19)8-7-13-16-15(17-22-13)10-1-3-11(4-2-10)20-9-21-12-5-6-12/h1-4,12H,5-9H2,(H,18,19). The molecule has 0 spiro atoms. The highest BCUT2D eigenvalue weighted by Gasteiger charge is 2.22. The SMILES string of the molecule is O=C(O)CCc1nc(-c2ccc(OCOC3CC3)cc2)no1. The van der Waals surface area contributed by atoms with Gasteiger partial charge < -0.3 is 19.1 Å². The molecule has 0 saturated heterocycles. The molecule has 0 unspecified atom stereocenters. The fraction of sp³-hybridized carbons (Fsp3) is 0.400. The fourth-order valence-corrected chi connectivity index (χ4v) is 1.82. The molecule has 1 N–H and O–H groups in total. The van der Waals surface area contributed by atoms with Crippen molar-refractivity contribution in [2.24, 2.45) is 0 Å². The van der Waals surface area contributed by atoms with Crippen LogP contribution in [0.1, 0.15) is 25.2 Å². The van der Waals surface area contributed by atoms with Crippen molar-refractivity contribution in [2.75, 3.05) is 6.79 Å². The smallest absolute Gasteiger partial charge is 0.303 e. The van der Waals surface area contributed by atoms with Crippen molar-refractivity contribution in [2.45, 2.75) is 31.8 Å². The third-order valence-corrected chi connectivity index (χ3v) is 3.19. The number of hydrogen-bond donors (Lipinski definition) is 1. The Balaban J connectivity index is 1.55. The van der Waals surface area contributed by atoms with Gasteiger partial charge in [-0.15, -0.1) is 0 Å². The fourth-order valence-electron chi connectivity index (χ4n) is 1.82. The Morgan fingerprint density at radius 2 is 2.09 bits per heavy atom. The minimum atomic E-state index is -0.894. The maximum atomic E-state index is 10.5. The number of carboxylic acids is 1. The molecule has 1 aliphatic carbocycles. The molecule has 1 heterocycles. The highest BCUT2D eigenvalue weighted by molar-refractivity contribution is 5.66. The highest BCUT2D eigenvalue weighted by Crippen LogP contribution is 2.24. The first-order valence-electron chi connectivity index (χ1n) is 7.10. The molecule has 0 aliphatic heterocycles. The van der Waals surface area contributed by atoms with Crippen LogP contribution in [0.15, 0.2) is 28.8 Å². The highest BCUT2D eigenvalue weighted by atomic mass is 16.7. The van der Waals surface area contributed by atoms with Crippen LogP contribution in [0.2, 0.25) is 0 Å². The van der Waals surface area contributed by atoms with E-state index in [1.54, 1.807) is 12.1 Å². The summed E-state index contributed by atoms with van der Waals surface area (Å²) in [4.78, 5) is 14.7. The van der Waals surface area contributed by atoms with Crippen LogP contribution in [0, 0.1) is 0 Å². The Kier molecular flexibility index (Phi) is 4.34. The molecule has 0 bridgehead atoms. The Hall–Kier alpha value is -2.41. The predicted molar refractivity (Wildman–Crippen MR) is 75.3 cm³/mol. The Labute approximate surface area is 126 Å². The van der Waals surface area contributed by atoms with E-state index in [-0.39, 0.29) is 19.6 Å². The first-order valence-corrected chi connectivity index (χ1v) is 7.10. The first kappa shape index (κ1) is 14.5. The molecular formula is C15H16N2O5. The van der Waals surface area contributed by atoms with Gasteiger partial charge >= 0.3 is 5.97 Å². The van der Waals surface area contributed by atoms with E-state index in [4.69, 9.17) is 19.1 Å². The zero-order valence-corrected chi connectivity index (χ0v) is 11.9. The summed E-state index contributed by atoms with van der Waals surface area (Å²) in [7, 11) is 0. The molecule has 2 aromatic rings. The second kappa shape index (κ2) is 6.57. The number of aromatic nitrogens is 2. The quantitative estimate of drug-likeness (QED) is 0.747. The summed E-state index contributed by atoms with van der Waals surface area (Å²) in [6, 6.07) is 7.24. The lowest BCUT2D eigenvalue weighted by atomic mass is 10.2. The van der Waals surface area contributed by atoms with Crippen molar-refractivity contribution in [3.8, 4) is 17.1 Å². The number of rotatable bonds is 8. The van der Waals surface area contributed by atoms with Crippen molar-refractivity contribution < 1.29 is 23.9 Å². The second-order valence-corrected chi connectivity index (χ2v) is 5.06. The molecule has 22 heavy (non-hydrogen) atoms. The molecule has 7 nitrogen and oxygen atoms in total. The van der Waals surface area contributed by atoms with Gasteiger partial charge in [-0.05, 0) is 37.1 Å². The van der Waals surface area contributed by atoms with E-state index in [2.05, 4.69) is 10.1 Å². The number of aryl methyl sites for hydroxylation is 1. The zero-order chi connectivity index (χ0) is 15.4. The molecule has 3 rings (SSSR count). The van der Waals surface area contributed by atoms with Crippen molar-refractivity contribution in [1.82, 2.24) is 10.1 Å². The number of benzene rings is 1. The molecule has 0 amide bonds. The van der Waals surface area contributed by atoms with E-state index >= 15 is 0 Å². The maximum Gasteiger partial charge on any atom is 0.303 e. The second-order valence-electron chi connectivity index (χ2n) is 5.06. The molecule has 1 fully saturated rings. The van der Waals surface area contributed by atoms with E-state index < -0.39 is 5.97 Å². The van der Waals surface area contributed by atoms with E-state index in [0.29, 0.717) is 23.6 Å². The summed E-state index contributed by atoms with van der Waals surface area (Å²) in [5.74, 6) is 0.561. The Bertz CT molecular complexity index is 634. The van der Waals surface area contributed by atoms with Gasteiger partial charge in [0.1, 0.15) is 5.75 Å². The summed E-state index contributed by atoms with van der Waals surface area (Å²) in [6.45, 7) is 0.256. The third kappa shape index (κ3) is 4.05. The molecule has 1 aromatic carbocycles. The summed E-state index contributed by atoms with van der Waals surface area (Å²) in [6.07, 6.45) is 2.79. The Morgan fingerprint density at radius 1 is 1.32 bits per heavy atom. The van der Waals surface area contributed by atoms with Crippen molar-refractivity contribution in [3.05, 3.63) is 30.2 Å². The van der Waals surface area contributed by atoms with E-state index in [0.717, 1.165) is 18.4 Å². The van der Waals surface area contributed by atoms with Crippen LogP contribution >= 0.6 is 0 Å². The molecule has 1 saturated carbocycles. The molecule has 0 radical (unpaired) electrons. The number of hydrogen-bond acceptors (Lipinski definition) is 6. The van der Waals surface area contributed by atoms with Crippen LogP contribution in [0.3, 0.4) is 0 Å². The van der Waals surface area contributed by atoms with Gasteiger partial charge in [-0.2, -0.15) is 4.98 Å². The third-order valence-electron chi connectivity index (χ3n) is 3.19. The molecule has 0 atom stereocenters. The zero-order valence-electron chi connectivity index (χ0n) is 11.9. The normalized spacial score (nSPS) is 14.0. The average molecular weight is 304 g/mol. The van der Waals surface area contributed by atoms with Crippen molar-refractivity contribution >= 4 is 5.97 Å². The number of ether oxygens (including phenoxy) is 2. The Morgan fingerprint density at radius 3 is 2.77 bits per heavy atom. The number of nitrogens with zero attached hydrogens (tertiary/aromatic N) is 2. The molecule has 1 aliphatic rings. The summed E-state index contributed by atoms with van der Waals surface area (Å²) < 4.78 is 15.9. The van der Waals surface area contributed by atoms with Gasteiger partial charge in [0.2, 0.25) is 11.7 Å². The van der Waals surface area contributed by atoms with Gasteiger partial charge in [-0.1, -0.05) is 5.16 Å². The van der Waals surface area contributed by atoms with Gasteiger partial charge in [-0.3, -0.25) is 4.79 Å². The molecule has 7 heteroatoms. The van der Waals surface area contributed by atoms with Gasteiger partial charge in [0.05, 0.1) is 12.5 Å². The summed E-state index contributed by atoms with van der Waals surface area (Å²) in [5, 5.41) is 12.5. The average Bonchev–Trinajstić information content (AvgIpc) is 3.21. The molecule has 1 aromatic heterocycles. The minimum absolute atomic E-state index is 0.0323. The minimum Gasteiger partial charge on any atom is -0.481 e. The van der Waals surface area contributed by atoms with Crippen LogP contribution in [0.4, 0.5) is 0 Å². The first-order chi connectivity index (χ1) is 10.7. The number of carboxylic acid groups (broad SMARTS) is 1. The molecular weight excluding hydrogens is 288 g/mol. The number of carbonyl (C=O) groups is 1. The van der Waals surface area contributed by atoms with Crippen molar-refractivity contribution in [1.29, 1.82) is 0 Å². The molecule has 116 valence electrons. The van der Waals surface area contributed by atoms with Gasteiger partial charge in [0.15, 0.2) is 6.79 Å². The largest absolute Gasteiger partial charge is 0.481 e.